The summed E-state index contributed by atoms with van der Waals surface area (Å²) in [7, 11) is -3.73. The number of aromatic amines is 1. The van der Waals surface area contributed by atoms with Gasteiger partial charge in [-0.2, -0.15) is 5.10 Å². The van der Waals surface area contributed by atoms with Crippen molar-refractivity contribution >= 4 is 31.9 Å². The quantitative estimate of drug-likeness (QED) is 0.695. The molecule has 24 heavy (non-hydrogen) atoms. The molecule has 0 aliphatic carbocycles. The Morgan fingerprint density at radius 3 is 2.29 bits per heavy atom. The first-order valence-corrected chi connectivity index (χ1v) is 9.62. The van der Waals surface area contributed by atoms with Crippen LogP contribution in [0.2, 0.25) is 0 Å². The van der Waals surface area contributed by atoms with E-state index in [0.717, 1.165) is 11.3 Å². The van der Waals surface area contributed by atoms with Gasteiger partial charge >= 0.3 is 0 Å². The number of hydrogen-bond acceptors (Lipinski definition) is 4. The fourth-order valence-electron chi connectivity index (χ4n) is 2.17. The fourth-order valence-corrected chi connectivity index (χ4v) is 3.50. The van der Waals surface area contributed by atoms with Crippen LogP contribution in [0.1, 0.15) is 54.5 Å². The van der Waals surface area contributed by atoms with E-state index < -0.39 is 10.0 Å². The topological polar surface area (TPSA) is 118 Å². The number of nitrogens with two attached hydrogens (primary N) is 1. The van der Waals surface area contributed by atoms with Crippen LogP contribution in [0.5, 0.6) is 0 Å². The van der Waals surface area contributed by atoms with Crippen molar-refractivity contribution in [3.05, 3.63) is 45.7 Å². The van der Waals surface area contributed by atoms with Gasteiger partial charge in [-0.3, -0.25) is 9.89 Å². The number of nitrogens with zero attached hydrogens (tertiary/aromatic N) is 1. The third-order valence-corrected chi connectivity index (χ3v) is 5.31. The Kier molecular flexibility index (Phi) is 5.46. The third-order valence-electron chi connectivity index (χ3n) is 3.58. The summed E-state index contributed by atoms with van der Waals surface area (Å²) in [5.41, 5.74) is 1.89. The highest BCUT2D eigenvalue weighted by Crippen LogP contribution is 2.26. The van der Waals surface area contributed by atoms with Crippen molar-refractivity contribution in [2.45, 2.75) is 37.6 Å². The average Bonchev–Trinajstić information content (AvgIpc) is 2.88. The highest BCUT2D eigenvalue weighted by molar-refractivity contribution is 9.10. The van der Waals surface area contributed by atoms with Gasteiger partial charge in [0.25, 0.3) is 5.91 Å². The zero-order valence-electron chi connectivity index (χ0n) is 13.5. The van der Waals surface area contributed by atoms with Gasteiger partial charge in [-0.15, -0.1) is 0 Å². The van der Waals surface area contributed by atoms with E-state index in [1.165, 1.54) is 12.1 Å². The predicted molar refractivity (Wildman–Crippen MR) is 94.1 cm³/mol. The summed E-state index contributed by atoms with van der Waals surface area (Å²) >= 11 is 3.39. The Hall–Kier alpha value is -1.71. The highest BCUT2D eigenvalue weighted by atomic mass is 79.9. The number of H-pyrrole nitrogens is 1. The molecule has 0 saturated carbocycles. The average molecular weight is 415 g/mol. The summed E-state index contributed by atoms with van der Waals surface area (Å²) in [6.45, 7) is 5.79. The van der Waals surface area contributed by atoms with Gasteiger partial charge in [0, 0.05) is 0 Å². The molecule has 0 saturated heterocycles. The van der Waals surface area contributed by atoms with Crippen LogP contribution in [0.4, 0.5) is 0 Å². The molecule has 0 aliphatic rings. The Morgan fingerprint density at radius 2 is 1.83 bits per heavy atom. The number of nitrogens with one attached hydrogen (secondary N) is 2. The minimum atomic E-state index is -3.73. The van der Waals surface area contributed by atoms with E-state index in [1.807, 2.05) is 13.8 Å². The Labute approximate surface area is 149 Å². The molecule has 7 nitrogen and oxygen atoms in total. The molecule has 9 heteroatoms. The first-order valence-electron chi connectivity index (χ1n) is 7.28. The van der Waals surface area contributed by atoms with Gasteiger partial charge in [0.2, 0.25) is 10.0 Å². The first-order chi connectivity index (χ1) is 11.1. The summed E-state index contributed by atoms with van der Waals surface area (Å²) < 4.78 is 23.2. The molecule has 0 fully saturated rings. The Morgan fingerprint density at radius 1 is 1.25 bits per heavy atom. The molecule has 2 rings (SSSR count). The van der Waals surface area contributed by atoms with Gasteiger partial charge in [-0.05, 0) is 46.5 Å². The number of sulfonamides is 1. The van der Waals surface area contributed by atoms with Gasteiger partial charge < -0.3 is 5.32 Å². The number of halogens is 1. The Bertz CT molecular complexity index is 844. The lowest BCUT2D eigenvalue weighted by Crippen LogP contribution is -2.27. The largest absolute Gasteiger partial charge is 0.344 e. The maximum absolute atomic E-state index is 12.4. The monoisotopic (exact) mass is 414 g/mol. The zero-order chi connectivity index (χ0) is 18.1. The second-order valence-corrected chi connectivity index (χ2v) is 8.12. The number of hydrogen-bond donors (Lipinski definition) is 3. The van der Waals surface area contributed by atoms with Gasteiger partial charge in [-0.1, -0.05) is 26.0 Å². The van der Waals surface area contributed by atoms with Crippen molar-refractivity contribution in [2.75, 3.05) is 0 Å². The Balaban J connectivity index is 2.14. The lowest BCUT2D eigenvalue weighted by atomic mass is 10.1. The van der Waals surface area contributed by atoms with Crippen LogP contribution >= 0.6 is 15.9 Å². The van der Waals surface area contributed by atoms with Gasteiger partial charge in [0.1, 0.15) is 0 Å². The molecule has 2 aromatic rings. The number of amides is 1. The summed E-state index contributed by atoms with van der Waals surface area (Å²) in [6.07, 6.45) is 0. The minimum Gasteiger partial charge on any atom is -0.344 e. The molecule has 0 bridgehead atoms. The molecular formula is C15H19BrN4O3S. The fraction of sp³-hybridized carbons (Fsp3) is 0.333. The summed E-state index contributed by atoms with van der Waals surface area (Å²) in [6, 6.07) is 5.73. The maximum Gasteiger partial charge on any atom is 0.273 e. The molecule has 1 atom stereocenters. The van der Waals surface area contributed by atoms with E-state index in [-0.39, 0.29) is 28.5 Å². The molecule has 0 spiro atoms. The van der Waals surface area contributed by atoms with Crippen molar-refractivity contribution in [2.24, 2.45) is 5.14 Å². The smallest absolute Gasteiger partial charge is 0.273 e. The van der Waals surface area contributed by atoms with Crippen LogP contribution < -0.4 is 10.5 Å². The van der Waals surface area contributed by atoms with E-state index in [0.29, 0.717) is 4.47 Å². The molecule has 1 heterocycles. The summed E-state index contributed by atoms with van der Waals surface area (Å²) in [5, 5.41) is 14.8. The molecule has 1 aromatic carbocycles. The van der Waals surface area contributed by atoms with Gasteiger partial charge in [0.05, 0.1) is 21.1 Å². The van der Waals surface area contributed by atoms with Gasteiger partial charge in [-0.25, -0.2) is 13.6 Å². The van der Waals surface area contributed by atoms with E-state index in [2.05, 4.69) is 31.4 Å². The van der Waals surface area contributed by atoms with Crippen LogP contribution in [0.3, 0.4) is 0 Å². The first kappa shape index (κ1) is 18.6. The van der Waals surface area contributed by atoms with E-state index in [4.69, 9.17) is 5.14 Å². The summed E-state index contributed by atoms with van der Waals surface area (Å²) in [5.74, 6) is -0.121. The normalized spacial score (nSPS) is 13.1. The maximum atomic E-state index is 12.4. The van der Waals surface area contributed by atoms with Crippen molar-refractivity contribution in [1.29, 1.82) is 0 Å². The molecule has 130 valence electrons. The number of primary sulfonamides is 1. The number of rotatable bonds is 5. The van der Waals surface area contributed by atoms with Crippen LogP contribution in [0, 0.1) is 0 Å². The SMILES string of the molecule is CC(C)c1[nH]nc(C(=O)NC(C)c2ccc(S(N)(=O)=O)cc2)c1Br. The van der Waals surface area contributed by atoms with Crippen molar-refractivity contribution < 1.29 is 13.2 Å². The predicted octanol–water partition coefficient (Wildman–Crippen LogP) is 2.43. The minimum absolute atomic E-state index is 0.0291. The van der Waals surface area contributed by atoms with E-state index in [1.54, 1.807) is 19.1 Å². The molecule has 4 N–H and O–H groups in total. The van der Waals surface area contributed by atoms with Crippen LogP contribution in [-0.4, -0.2) is 24.5 Å². The van der Waals surface area contributed by atoms with E-state index in [9.17, 15) is 13.2 Å². The third kappa shape index (κ3) is 4.03. The van der Waals surface area contributed by atoms with Crippen molar-refractivity contribution in [3.63, 3.8) is 0 Å². The lowest BCUT2D eigenvalue weighted by molar-refractivity contribution is 0.0934. The highest BCUT2D eigenvalue weighted by Gasteiger charge is 2.21. The lowest BCUT2D eigenvalue weighted by Gasteiger charge is -2.14. The second kappa shape index (κ2) is 7.04. The molecule has 1 aromatic heterocycles. The number of benzene rings is 1. The van der Waals surface area contributed by atoms with Crippen LogP contribution in [0.15, 0.2) is 33.6 Å². The molecule has 0 aliphatic heterocycles. The standard InChI is InChI=1S/C15H19BrN4O3S/c1-8(2)13-12(16)14(20-19-13)15(21)18-9(3)10-4-6-11(7-5-10)24(17,22)23/h4-9H,1-3H3,(H,18,21)(H,19,20)(H2,17,22,23). The number of aromatic nitrogens is 2. The second-order valence-electron chi connectivity index (χ2n) is 5.76. The molecule has 0 radical (unpaired) electrons. The zero-order valence-corrected chi connectivity index (χ0v) is 15.9. The van der Waals surface area contributed by atoms with E-state index >= 15 is 0 Å². The number of carbonyl (C=O) groups is 1. The van der Waals surface area contributed by atoms with Gasteiger partial charge in [0.15, 0.2) is 5.69 Å². The van der Waals surface area contributed by atoms with Crippen LogP contribution in [0.25, 0.3) is 0 Å². The molecule has 1 unspecified atom stereocenters. The van der Waals surface area contributed by atoms with Crippen LogP contribution in [-0.2, 0) is 10.0 Å². The van der Waals surface area contributed by atoms with Crippen molar-refractivity contribution in [1.82, 2.24) is 15.5 Å². The molecular weight excluding hydrogens is 396 g/mol. The number of carbonyl (C=O) groups excluding carboxylic acids is 1. The summed E-state index contributed by atoms with van der Waals surface area (Å²) in [4.78, 5) is 12.4. The van der Waals surface area contributed by atoms with Crippen molar-refractivity contribution in [3.8, 4) is 0 Å². The molecule has 1 amide bonds.